The molecule has 0 spiro atoms. The fraction of sp³-hybridized carbons (Fsp3) is 0.692. The van der Waals surface area contributed by atoms with Gasteiger partial charge in [0.1, 0.15) is 16.4 Å². The lowest BCUT2D eigenvalue weighted by molar-refractivity contribution is 0.157. The van der Waals surface area contributed by atoms with Gasteiger partial charge >= 0.3 is 0 Å². The molecule has 1 aromatic heterocycles. The highest BCUT2D eigenvalue weighted by Crippen LogP contribution is 2.31. The lowest BCUT2D eigenvalue weighted by atomic mass is 10.1. The Morgan fingerprint density at radius 3 is 2.70 bits per heavy atom. The monoisotopic (exact) mass is 302 g/mol. The molecule has 1 atom stereocenters. The predicted octanol–water partition coefficient (Wildman–Crippen LogP) is 1.01. The SMILES string of the molecule is COCC1CCN(S(=O)(=O)c2c(C)oc(C)c2CN)C1. The predicted molar refractivity (Wildman–Crippen MR) is 74.8 cm³/mol. The molecule has 114 valence electrons. The molecule has 2 rings (SSSR count). The third-order valence-corrected chi connectivity index (χ3v) is 5.84. The van der Waals surface area contributed by atoms with Crippen molar-refractivity contribution in [2.24, 2.45) is 11.7 Å². The first-order valence-electron chi connectivity index (χ1n) is 6.69. The molecule has 2 N–H and O–H groups in total. The summed E-state index contributed by atoms with van der Waals surface area (Å²) in [5.74, 6) is 1.25. The van der Waals surface area contributed by atoms with Crippen molar-refractivity contribution < 1.29 is 17.6 Å². The third-order valence-electron chi connectivity index (χ3n) is 3.78. The van der Waals surface area contributed by atoms with Gasteiger partial charge in [0, 0.05) is 32.3 Å². The van der Waals surface area contributed by atoms with Crippen LogP contribution < -0.4 is 5.73 Å². The van der Waals surface area contributed by atoms with Gasteiger partial charge in [-0.1, -0.05) is 0 Å². The average molecular weight is 302 g/mol. The van der Waals surface area contributed by atoms with Gasteiger partial charge in [0.25, 0.3) is 0 Å². The summed E-state index contributed by atoms with van der Waals surface area (Å²) in [5, 5.41) is 0. The molecule has 20 heavy (non-hydrogen) atoms. The van der Waals surface area contributed by atoms with Gasteiger partial charge < -0.3 is 14.9 Å². The molecule has 1 unspecified atom stereocenters. The van der Waals surface area contributed by atoms with Gasteiger partial charge in [-0.25, -0.2) is 8.42 Å². The van der Waals surface area contributed by atoms with E-state index in [2.05, 4.69) is 0 Å². The number of aryl methyl sites for hydroxylation is 2. The van der Waals surface area contributed by atoms with Crippen molar-refractivity contribution in [2.45, 2.75) is 31.7 Å². The van der Waals surface area contributed by atoms with Crippen LogP contribution in [0, 0.1) is 19.8 Å². The van der Waals surface area contributed by atoms with Crippen molar-refractivity contribution in [3.8, 4) is 0 Å². The Kier molecular flexibility index (Phi) is 4.53. The Hall–Kier alpha value is -0.890. The van der Waals surface area contributed by atoms with Crippen molar-refractivity contribution in [2.75, 3.05) is 26.8 Å². The number of sulfonamides is 1. The smallest absolute Gasteiger partial charge is 0.246 e. The average Bonchev–Trinajstić information content (AvgIpc) is 2.94. The fourth-order valence-corrected chi connectivity index (χ4v) is 4.75. The first kappa shape index (κ1) is 15.5. The number of nitrogens with zero attached hydrogens (tertiary/aromatic N) is 1. The zero-order valence-corrected chi connectivity index (χ0v) is 13.0. The first-order chi connectivity index (χ1) is 9.41. The number of methoxy groups -OCH3 is 1. The minimum atomic E-state index is -3.54. The summed E-state index contributed by atoms with van der Waals surface area (Å²) in [6, 6.07) is 0. The molecule has 0 radical (unpaired) electrons. The van der Waals surface area contributed by atoms with Gasteiger partial charge in [-0.05, 0) is 26.2 Å². The second kappa shape index (κ2) is 5.85. The third kappa shape index (κ3) is 2.63. The second-order valence-electron chi connectivity index (χ2n) is 5.20. The highest BCUT2D eigenvalue weighted by molar-refractivity contribution is 7.89. The molecule has 1 fully saturated rings. The zero-order chi connectivity index (χ0) is 14.9. The highest BCUT2D eigenvalue weighted by Gasteiger charge is 2.36. The quantitative estimate of drug-likeness (QED) is 0.877. The maximum Gasteiger partial charge on any atom is 0.246 e. The Labute approximate surface area is 119 Å². The van der Waals surface area contributed by atoms with Gasteiger partial charge in [-0.3, -0.25) is 0 Å². The standard InChI is InChI=1S/C13H22N2O4S/c1-9-12(6-14)13(10(2)19-9)20(16,17)15-5-4-11(7-15)8-18-3/h11H,4-8,14H2,1-3H3. The summed E-state index contributed by atoms with van der Waals surface area (Å²) in [5.41, 5.74) is 6.25. The van der Waals surface area contributed by atoms with Crippen LogP contribution in [-0.4, -0.2) is 39.5 Å². The molecular formula is C13H22N2O4S. The molecule has 0 bridgehead atoms. The van der Waals surface area contributed by atoms with Crippen LogP contribution in [0.2, 0.25) is 0 Å². The zero-order valence-electron chi connectivity index (χ0n) is 12.2. The van der Waals surface area contributed by atoms with Crippen molar-refractivity contribution in [3.63, 3.8) is 0 Å². The molecule has 1 aliphatic rings. The maximum absolute atomic E-state index is 12.8. The van der Waals surface area contributed by atoms with E-state index < -0.39 is 10.0 Å². The van der Waals surface area contributed by atoms with Crippen LogP contribution in [0.4, 0.5) is 0 Å². The van der Waals surface area contributed by atoms with Gasteiger partial charge in [0.2, 0.25) is 10.0 Å². The number of rotatable bonds is 5. The van der Waals surface area contributed by atoms with E-state index in [1.165, 1.54) is 4.31 Å². The molecule has 7 heteroatoms. The largest absolute Gasteiger partial charge is 0.465 e. The van der Waals surface area contributed by atoms with Gasteiger partial charge in [-0.2, -0.15) is 4.31 Å². The van der Waals surface area contributed by atoms with E-state index in [0.717, 1.165) is 6.42 Å². The molecule has 6 nitrogen and oxygen atoms in total. The minimum absolute atomic E-state index is 0.160. The topological polar surface area (TPSA) is 85.8 Å². The molecule has 2 heterocycles. The van der Waals surface area contributed by atoms with Crippen molar-refractivity contribution >= 4 is 10.0 Å². The van der Waals surface area contributed by atoms with Crippen LogP contribution >= 0.6 is 0 Å². The van der Waals surface area contributed by atoms with E-state index in [4.69, 9.17) is 14.9 Å². The lowest BCUT2D eigenvalue weighted by Gasteiger charge is -2.17. The summed E-state index contributed by atoms with van der Waals surface area (Å²) >= 11 is 0. The minimum Gasteiger partial charge on any atom is -0.465 e. The Morgan fingerprint density at radius 2 is 2.10 bits per heavy atom. The number of hydrogen-bond donors (Lipinski definition) is 1. The van der Waals surface area contributed by atoms with Crippen LogP contribution in [0.3, 0.4) is 0 Å². The van der Waals surface area contributed by atoms with E-state index in [-0.39, 0.29) is 17.4 Å². The molecule has 0 aromatic carbocycles. The summed E-state index contributed by atoms with van der Waals surface area (Å²) in [6.45, 7) is 5.16. The van der Waals surface area contributed by atoms with E-state index in [0.29, 0.717) is 36.8 Å². The van der Waals surface area contributed by atoms with Gasteiger partial charge in [0.05, 0.1) is 6.61 Å². The summed E-state index contributed by atoms with van der Waals surface area (Å²) < 4.78 is 37.6. The Morgan fingerprint density at radius 1 is 1.40 bits per heavy atom. The molecule has 0 aliphatic carbocycles. The highest BCUT2D eigenvalue weighted by atomic mass is 32.2. The normalized spacial score (nSPS) is 20.7. The number of furan rings is 1. The first-order valence-corrected chi connectivity index (χ1v) is 8.13. The molecule has 0 saturated carbocycles. The summed E-state index contributed by atoms with van der Waals surface area (Å²) in [6.07, 6.45) is 0.820. The van der Waals surface area contributed by atoms with E-state index in [1.807, 2.05) is 0 Å². The van der Waals surface area contributed by atoms with E-state index >= 15 is 0 Å². The second-order valence-corrected chi connectivity index (χ2v) is 7.07. The summed E-state index contributed by atoms with van der Waals surface area (Å²) in [4.78, 5) is 0.246. The van der Waals surface area contributed by atoms with E-state index in [1.54, 1.807) is 21.0 Å². The van der Waals surface area contributed by atoms with Gasteiger partial charge in [-0.15, -0.1) is 0 Å². The molecular weight excluding hydrogens is 280 g/mol. The number of ether oxygens (including phenoxy) is 1. The molecule has 1 saturated heterocycles. The Balaban J connectivity index is 2.32. The van der Waals surface area contributed by atoms with Crippen LogP contribution in [0.5, 0.6) is 0 Å². The van der Waals surface area contributed by atoms with E-state index in [9.17, 15) is 8.42 Å². The number of nitrogens with two attached hydrogens (primary N) is 1. The number of hydrogen-bond acceptors (Lipinski definition) is 5. The lowest BCUT2D eigenvalue weighted by Crippen LogP contribution is -2.30. The molecule has 1 aromatic rings. The van der Waals surface area contributed by atoms with Crippen LogP contribution in [0.1, 0.15) is 23.5 Å². The van der Waals surface area contributed by atoms with Crippen LogP contribution in [-0.2, 0) is 21.3 Å². The van der Waals surface area contributed by atoms with Crippen molar-refractivity contribution in [3.05, 3.63) is 17.1 Å². The van der Waals surface area contributed by atoms with Crippen molar-refractivity contribution in [1.29, 1.82) is 0 Å². The van der Waals surface area contributed by atoms with Crippen LogP contribution in [0.15, 0.2) is 9.31 Å². The maximum atomic E-state index is 12.8. The van der Waals surface area contributed by atoms with Crippen molar-refractivity contribution in [1.82, 2.24) is 4.31 Å². The molecule has 1 aliphatic heterocycles. The van der Waals surface area contributed by atoms with Gasteiger partial charge in [0.15, 0.2) is 0 Å². The van der Waals surface area contributed by atoms with Crippen LogP contribution in [0.25, 0.3) is 0 Å². The summed E-state index contributed by atoms with van der Waals surface area (Å²) in [7, 11) is -1.91. The fourth-order valence-electron chi connectivity index (χ4n) is 2.80. The molecule has 0 amide bonds. The Bertz CT molecular complexity index is 579.